The third kappa shape index (κ3) is 6.72. The maximum Gasteiger partial charge on any atom is 0.252 e. The van der Waals surface area contributed by atoms with E-state index in [-0.39, 0.29) is 17.5 Å². The molecule has 0 saturated carbocycles. The van der Waals surface area contributed by atoms with Crippen LogP contribution >= 0.6 is 0 Å². The zero-order chi connectivity index (χ0) is 45.8. The summed E-state index contributed by atoms with van der Waals surface area (Å²) >= 11 is 0. The predicted octanol–water partition coefficient (Wildman–Crippen LogP) is 15.6. The molecule has 0 atom stereocenters. The lowest BCUT2D eigenvalue weighted by molar-refractivity contribution is 0.590. The first kappa shape index (κ1) is 40.9. The Labute approximate surface area is 395 Å². The molecule has 0 unspecified atom stereocenters. The van der Waals surface area contributed by atoms with E-state index >= 15 is 0 Å². The van der Waals surface area contributed by atoms with E-state index < -0.39 is 0 Å². The van der Waals surface area contributed by atoms with Crippen molar-refractivity contribution in [3.05, 3.63) is 211 Å². The van der Waals surface area contributed by atoms with Crippen LogP contribution in [0.4, 0.5) is 34.1 Å². The first-order chi connectivity index (χ1) is 32.4. The molecule has 0 aliphatic carbocycles. The van der Waals surface area contributed by atoms with Gasteiger partial charge >= 0.3 is 0 Å². The van der Waals surface area contributed by atoms with Gasteiger partial charge in [-0.05, 0) is 133 Å². The molecule has 324 valence electrons. The Bertz CT molecular complexity index is 3550. The Kier molecular flexibility index (Phi) is 9.32. The van der Waals surface area contributed by atoms with E-state index in [0.29, 0.717) is 0 Å². The highest BCUT2D eigenvalue weighted by Crippen LogP contribution is 2.48. The molecule has 9 aromatic carbocycles. The minimum Gasteiger partial charge on any atom is -0.455 e. The van der Waals surface area contributed by atoms with Gasteiger partial charge in [-0.3, -0.25) is 0 Å². The van der Waals surface area contributed by atoms with Crippen molar-refractivity contribution >= 4 is 79.2 Å². The predicted molar refractivity (Wildman–Crippen MR) is 286 cm³/mol. The summed E-state index contributed by atoms with van der Waals surface area (Å²) in [4.78, 5) is 5.10. The molecule has 2 aliphatic rings. The third-order valence-corrected chi connectivity index (χ3v) is 14.3. The summed E-state index contributed by atoms with van der Waals surface area (Å²) < 4.78 is 6.54. The highest BCUT2D eigenvalue weighted by molar-refractivity contribution is 7.00. The van der Waals surface area contributed by atoms with Crippen molar-refractivity contribution < 1.29 is 4.42 Å². The third-order valence-electron chi connectivity index (χ3n) is 14.3. The molecule has 0 N–H and O–H groups in total. The number of nitrogens with zero attached hydrogens (tertiary/aromatic N) is 2. The van der Waals surface area contributed by atoms with E-state index in [1.165, 1.54) is 78.1 Å². The molecule has 67 heavy (non-hydrogen) atoms. The highest BCUT2D eigenvalue weighted by atomic mass is 16.3. The average Bonchev–Trinajstić information content (AvgIpc) is 3.73. The van der Waals surface area contributed by atoms with Gasteiger partial charge in [0.25, 0.3) is 6.71 Å². The molecule has 0 fully saturated rings. The van der Waals surface area contributed by atoms with Crippen molar-refractivity contribution in [1.82, 2.24) is 0 Å². The number of hydrogen-bond acceptors (Lipinski definition) is 3. The van der Waals surface area contributed by atoms with Crippen LogP contribution in [-0.2, 0) is 10.8 Å². The van der Waals surface area contributed by atoms with E-state index in [2.05, 4.69) is 246 Å². The fourth-order valence-electron chi connectivity index (χ4n) is 10.7. The quantitative estimate of drug-likeness (QED) is 0.161. The van der Waals surface area contributed by atoms with Gasteiger partial charge in [-0.1, -0.05) is 181 Å². The molecular formula is C63H53BN2O. The summed E-state index contributed by atoms with van der Waals surface area (Å²) in [5, 5.41) is 2.28. The lowest BCUT2D eigenvalue weighted by Gasteiger charge is -2.45. The van der Waals surface area contributed by atoms with Gasteiger partial charge in [0.15, 0.2) is 0 Å². The first-order valence-electron chi connectivity index (χ1n) is 23.7. The molecule has 0 spiro atoms. The Balaban J connectivity index is 1.11. The van der Waals surface area contributed by atoms with Gasteiger partial charge in [0, 0.05) is 50.5 Å². The second-order valence-corrected chi connectivity index (χ2v) is 20.6. The summed E-state index contributed by atoms with van der Waals surface area (Å²) in [7, 11) is 0. The van der Waals surface area contributed by atoms with E-state index in [0.717, 1.165) is 44.4 Å². The molecule has 1 aromatic heterocycles. The van der Waals surface area contributed by atoms with Gasteiger partial charge in [-0.25, -0.2) is 0 Å². The van der Waals surface area contributed by atoms with Gasteiger partial charge in [0.2, 0.25) is 0 Å². The zero-order valence-electron chi connectivity index (χ0n) is 39.4. The summed E-state index contributed by atoms with van der Waals surface area (Å²) in [5.41, 5.74) is 23.7. The Morgan fingerprint density at radius 3 is 1.67 bits per heavy atom. The van der Waals surface area contributed by atoms with Crippen LogP contribution in [-0.4, -0.2) is 6.71 Å². The summed E-state index contributed by atoms with van der Waals surface area (Å²) in [6.07, 6.45) is 0. The number of anilines is 6. The molecule has 3 heterocycles. The lowest BCUT2D eigenvalue weighted by atomic mass is 9.33. The van der Waals surface area contributed by atoms with Crippen LogP contribution in [0.1, 0.15) is 58.2 Å². The molecule has 3 nitrogen and oxygen atoms in total. The Morgan fingerprint density at radius 2 is 0.970 bits per heavy atom. The number of para-hydroxylation sites is 2. The van der Waals surface area contributed by atoms with Crippen LogP contribution in [0.2, 0.25) is 0 Å². The van der Waals surface area contributed by atoms with Crippen LogP contribution in [0, 0.1) is 6.92 Å². The van der Waals surface area contributed by atoms with Gasteiger partial charge in [0.05, 0.1) is 0 Å². The second kappa shape index (κ2) is 15.3. The number of aryl methyl sites for hydroxylation is 1. The molecule has 0 radical (unpaired) electrons. The summed E-state index contributed by atoms with van der Waals surface area (Å²) in [5.74, 6) is 0. The molecule has 12 rings (SSSR count). The highest BCUT2D eigenvalue weighted by Gasteiger charge is 2.44. The van der Waals surface area contributed by atoms with Gasteiger partial charge in [-0.15, -0.1) is 0 Å². The maximum atomic E-state index is 6.54. The van der Waals surface area contributed by atoms with E-state index in [1.54, 1.807) is 0 Å². The molecule has 10 aromatic rings. The summed E-state index contributed by atoms with van der Waals surface area (Å²) in [6, 6.07) is 72.1. The minimum atomic E-state index is -0.132. The van der Waals surface area contributed by atoms with Crippen LogP contribution in [0.3, 0.4) is 0 Å². The number of benzene rings is 9. The molecular weight excluding hydrogens is 812 g/mol. The molecule has 0 bridgehead atoms. The summed E-state index contributed by atoms with van der Waals surface area (Å²) in [6.45, 7) is 16.2. The lowest BCUT2D eigenvalue weighted by Crippen LogP contribution is -2.61. The number of hydrogen-bond donors (Lipinski definition) is 0. The van der Waals surface area contributed by atoms with E-state index in [1.807, 2.05) is 6.07 Å². The van der Waals surface area contributed by atoms with Crippen molar-refractivity contribution in [2.45, 2.75) is 59.3 Å². The Morgan fingerprint density at radius 1 is 0.403 bits per heavy atom. The fourth-order valence-corrected chi connectivity index (χ4v) is 10.7. The van der Waals surface area contributed by atoms with Crippen molar-refractivity contribution in [1.29, 1.82) is 0 Å². The Hall–Kier alpha value is -7.56. The van der Waals surface area contributed by atoms with Crippen LogP contribution in [0.5, 0.6) is 0 Å². The van der Waals surface area contributed by atoms with E-state index in [4.69, 9.17) is 4.42 Å². The van der Waals surface area contributed by atoms with E-state index in [9.17, 15) is 0 Å². The van der Waals surface area contributed by atoms with Crippen LogP contribution in [0.25, 0.3) is 55.3 Å². The number of fused-ring (bicyclic) bond motifs is 7. The minimum absolute atomic E-state index is 0.0111. The van der Waals surface area contributed by atoms with Crippen molar-refractivity contribution in [3.63, 3.8) is 0 Å². The van der Waals surface area contributed by atoms with Crippen molar-refractivity contribution in [3.8, 4) is 33.4 Å². The average molecular weight is 865 g/mol. The normalized spacial score (nSPS) is 13.2. The first-order valence-corrected chi connectivity index (χ1v) is 23.7. The topological polar surface area (TPSA) is 19.6 Å². The standard InChI is InChI=1S/C63H53BN2O/c1-40-16-11-12-19-49(40)44-28-35-55-54(36-44)64-53-34-29-45(62(2,3)4)37-56(53)66(48-30-24-42(25-31-48)41-17-9-8-10-18-41)58-39-46(63(5,6)7)38-57(60(58)64)65(55)47-32-26-43(27-33-47)50-21-15-22-52-51-20-13-14-23-59(51)67-61(50)52/h8-39H,1-7H3. The molecule has 2 aliphatic heterocycles. The molecule has 0 amide bonds. The van der Waals surface area contributed by atoms with Crippen molar-refractivity contribution in [2.75, 3.05) is 9.80 Å². The van der Waals surface area contributed by atoms with Crippen LogP contribution < -0.4 is 26.2 Å². The largest absolute Gasteiger partial charge is 0.455 e. The maximum absolute atomic E-state index is 6.54. The zero-order valence-corrected chi connectivity index (χ0v) is 39.4. The fraction of sp³-hybridized carbons (Fsp3) is 0.143. The second-order valence-electron chi connectivity index (χ2n) is 20.6. The van der Waals surface area contributed by atoms with Crippen LogP contribution in [0.15, 0.2) is 199 Å². The molecule has 4 heteroatoms. The van der Waals surface area contributed by atoms with Gasteiger partial charge in [0.1, 0.15) is 11.2 Å². The van der Waals surface area contributed by atoms with Gasteiger partial charge < -0.3 is 14.2 Å². The van der Waals surface area contributed by atoms with Crippen molar-refractivity contribution in [2.24, 2.45) is 0 Å². The molecule has 0 saturated heterocycles. The number of furan rings is 1. The number of rotatable bonds is 5. The SMILES string of the molecule is Cc1ccccc1-c1ccc2c(c1)B1c3ccc(C(C)(C)C)cc3N(c3ccc(-c4ccccc4)cc3)c3cc(C(C)(C)C)cc(c31)N2c1ccc(-c2cccc3c2oc2ccccc23)cc1. The van der Waals surface area contributed by atoms with Gasteiger partial charge in [-0.2, -0.15) is 0 Å². The smallest absolute Gasteiger partial charge is 0.252 e. The monoisotopic (exact) mass is 864 g/mol.